The molecular formula is C18H14O4. The predicted molar refractivity (Wildman–Crippen MR) is 80.1 cm³/mol. The second-order valence-electron chi connectivity index (χ2n) is 4.86. The molecule has 0 saturated heterocycles. The maximum Gasteiger partial charge on any atom is 0.339 e. The molecule has 4 nitrogen and oxygen atoms in total. The van der Waals surface area contributed by atoms with Crippen molar-refractivity contribution in [2.75, 3.05) is 0 Å². The lowest BCUT2D eigenvalue weighted by atomic mass is 9.99. The van der Waals surface area contributed by atoms with Crippen molar-refractivity contribution in [3.8, 4) is 0 Å². The normalized spacial score (nSPS) is 20.3. The molecule has 0 amide bonds. The first-order valence-corrected chi connectivity index (χ1v) is 6.92. The Morgan fingerprint density at radius 1 is 0.955 bits per heavy atom. The molecule has 0 saturated carbocycles. The molecule has 1 aliphatic rings. The van der Waals surface area contributed by atoms with Crippen molar-refractivity contribution in [2.45, 2.75) is 12.2 Å². The Hall–Kier alpha value is -2.88. The highest BCUT2D eigenvalue weighted by molar-refractivity contribution is 5.98. The molecule has 0 aliphatic carbocycles. The standard InChI is InChI=1S/C18H14O4/c19-15-11-12-21-16(13-7-3-1-4-8-13)17(15)22-18(20)14-9-5-2-6-10-14/h1-12,16-17H/t16-,17-/m1/s1. The summed E-state index contributed by atoms with van der Waals surface area (Å²) in [7, 11) is 0. The Labute approximate surface area is 128 Å². The number of carbonyl (C=O) groups is 2. The van der Waals surface area contributed by atoms with E-state index in [1.165, 1.54) is 12.3 Å². The highest BCUT2D eigenvalue weighted by atomic mass is 16.6. The second-order valence-corrected chi connectivity index (χ2v) is 4.86. The first kappa shape index (κ1) is 14.1. The molecule has 110 valence electrons. The molecule has 22 heavy (non-hydrogen) atoms. The maximum absolute atomic E-state index is 12.2. The van der Waals surface area contributed by atoms with E-state index in [0.717, 1.165) is 5.56 Å². The van der Waals surface area contributed by atoms with Crippen LogP contribution < -0.4 is 0 Å². The molecule has 2 atom stereocenters. The number of hydrogen-bond acceptors (Lipinski definition) is 4. The number of rotatable bonds is 3. The van der Waals surface area contributed by atoms with E-state index in [2.05, 4.69) is 0 Å². The second kappa shape index (κ2) is 6.26. The van der Waals surface area contributed by atoms with Crippen LogP contribution in [0.5, 0.6) is 0 Å². The number of ether oxygens (including phenoxy) is 2. The number of benzene rings is 2. The molecule has 0 fully saturated rings. The van der Waals surface area contributed by atoms with Crippen LogP contribution in [0.1, 0.15) is 22.0 Å². The van der Waals surface area contributed by atoms with E-state index >= 15 is 0 Å². The quantitative estimate of drug-likeness (QED) is 0.816. The number of ketones is 1. The molecule has 4 heteroatoms. The summed E-state index contributed by atoms with van der Waals surface area (Å²) >= 11 is 0. The minimum atomic E-state index is -0.986. The van der Waals surface area contributed by atoms with Crippen LogP contribution >= 0.6 is 0 Å². The Morgan fingerprint density at radius 3 is 2.27 bits per heavy atom. The zero-order chi connectivity index (χ0) is 15.4. The predicted octanol–water partition coefficient (Wildman–Crippen LogP) is 3.07. The van der Waals surface area contributed by atoms with Gasteiger partial charge in [0.2, 0.25) is 11.9 Å². The van der Waals surface area contributed by atoms with Crippen molar-refractivity contribution in [1.82, 2.24) is 0 Å². The highest BCUT2D eigenvalue weighted by Crippen LogP contribution is 2.28. The van der Waals surface area contributed by atoms with Crippen molar-refractivity contribution < 1.29 is 19.1 Å². The van der Waals surface area contributed by atoms with Crippen LogP contribution in [0.15, 0.2) is 73.0 Å². The molecule has 2 aromatic carbocycles. The van der Waals surface area contributed by atoms with Gasteiger partial charge in [-0.2, -0.15) is 0 Å². The summed E-state index contributed by atoms with van der Waals surface area (Å²) in [6.07, 6.45) is 1.00. The zero-order valence-corrected chi connectivity index (χ0v) is 11.7. The van der Waals surface area contributed by atoms with Gasteiger partial charge >= 0.3 is 5.97 Å². The zero-order valence-electron chi connectivity index (χ0n) is 11.7. The minimum absolute atomic E-state index is 0.288. The first-order chi connectivity index (χ1) is 10.8. The molecule has 0 N–H and O–H groups in total. The highest BCUT2D eigenvalue weighted by Gasteiger charge is 2.35. The third-order valence-electron chi connectivity index (χ3n) is 3.38. The van der Waals surface area contributed by atoms with Gasteiger partial charge in [0.15, 0.2) is 6.10 Å². The van der Waals surface area contributed by atoms with Crippen LogP contribution in [-0.2, 0) is 14.3 Å². The van der Waals surface area contributed by atoms with Crippen LogP contribution in [-0.4, -0.2) is 17.9 Å². The third-order valence-corrected chi connectivity index (χ3v) is 3.38. The van der Waals surface area contributed by atoms with Crippen LogP contribution in [0, 0.1) is 0 Å². The van der Waals surface area contributed by atoms with Gasteiger partial charge < -0.3 is 9.47 Å². The smallest absolute Gasteiger partial charge is 0.339 e. The summed E-state index contributed by atoms with van der Waals surface area (Å²) in [5.41, 5.74) is 1.18. The largest absolute Gasteiger partial charge is 0.489 e. The fraction of sp³-hybridized carbons (Fsp3) is 0.111. The molecule has 2 aromatic rings. The molecule has 0 aromatic heterocycles. The summed E-state index contributed by atoms with van der Waals surface area (Å²) < 4.78 is 10.9. The minimum Gasteiger partial charge on any atom is -0.489 e. The van der Waals surface area contributed by atoms with E-state index in [1.54, 1.807) is 30.3 Å². The van der Waals surface area contributed by atoms with Gasteiger partial charge in [-0.3, -0.25) is 4.79 Å². The first-order valence-electron chi connectivity index (χ1n) is 6.92. The summed E-state index contributed by atoms with van der Waals surface area (Å²) in [6.45, 7) is 0. The van der Waals surface area contributed by atoms with Gasteiger partial charge in [-0.25, -0.2) is 4.79 Å². The average molecular weight is 294 g/mol. The van der Waals surface area contributed by atoms with Crippen molar-refractivity contribution >= 4 is 11.8 Å². The summed E-state index contributed by atoms with van der Waals surface area (Å²) in [6, 6.07) is 17.8. The van der Waals surface area contributed by atoms with E-state index in [1.807, 2.05) is 30.3 Å². The average Bonchev–Trinajstić information content (AvgIpc) is 2.58. The Bertz CT molecular complexity index is 692. The lowest BCUT2D eigenvalue weighted by Gasteiger charge is -2.27. The monoisotopic (exact) mass is 294 g/mol. The maximum atomic E-state index is 12.2. The van der Waals surface area contributed by atoms with Crippen molar-refractivity contribution in [1.29, 1.82) is 0 Å². The Kier molecular flexibility index (Phi) is 4.01. The topological polar surface area (TPSA) is 52.6 Å². The molecule has 0 bridgehead atoms. The number of carbonyl (C=O) groups excluding carboxylic acids is 2. The van der Waals surface area contributed by atoms with E-state index in [-0.39, 0.29) is 5.78 Å². The molecule has 1 heterocycles. The summed E-state index contributed by atoms with van der Waals surface area (Å²) in [5, 5.41) is 0. The van der Waals surface area contributed by atoms with Gasteiger partial charge in [-0.05, 0) is 17.7 Å². The van der Waals surface area contributed by atoms with E-state index in [0.29, 0.717) is 5.56 Å². The van der Waals surface area contributed by atoms with E-state index < -0.39 is 18.2 Å². The fourth-order valence-electron chi connectivity index (χ4n) is 2.28. The Balaban J connectivity index is 1.84. The SMILES string of the molecule is O=C(O[C@@H]1C(=O)C=CO[C@@H]1c1ccccc1)c1ccccc1. The Morgan fingerprint density at radius 2 is 1.59 bits per heavy atom. The number of esters is 1. The third kappa shape index (κ3) is 2.91. The molecule has 0 unspecified atom stereocenters. The molecular weight excluding hydrogens is 280 g/mol. The lowest BCUT2D eigenvalue weighted by molar-refractivity contribution is -0.132. The van der Waals surface area contributed by atoms with Crippen LogP contribution in [0.2, 0.25) is 0 Å². The van der Waals surface area contributed by atoms with E-state index in [9.17, 15) is 9.59 Å². The lowest BCUT2D eigenvalue weighted by Crippen LogP contribution is -2.35. The summed E-state index contributed by atoms with van der Waals surface area (Å²) in [5.74, 6) is -0.830. The molecule has 1 aliphatic heterocycles. The van der Waals surface area contributed by atoms with Gasteiger partial charge in [0.25, 0.3) is 0 Å². The van der Waals surface area contributed by atoms with Crippen LogP contribution in [0.3, 0.4) is 0 Å². The van der Waals surface area contributed by atoms with Gasteiger partial charge in [-0.15, -0.1) is 0 Å². The van der Waals surface area contributed by atoms with Crippen molar-refractivity contribution in [3.05, 3.63) is 84.1 Å². The summed E-state index contributed by atoms with van der Waals surface area (Å²) in [4.78, 5) is 24.3. The van der Waals surface area contributed by atoms with E-state index in [4.69, 9.17) is 9.47 Å². The van der Waals surface area contributed by atoms with Crippen molar-refractivity contribution in [3.63, 3.8) is 0 Å². The van der Waals surface area contributed by atoms with Gasteiger partial charge in [0.05, 0.1) is 11.8 Å². The van der Waals surface area contributed by atoms with Gasteiger partial charge in [0, 0.05) is 6.08 Å². The fourth-order valence-corrected chi connectivity index (χ4v) is 2.28. The number of hydrogen-bond donors (Lipinski definition) is 0. The van der Waals surface area contributed by atoms with Crippen molar-refractivity contribution in [2.24, 2.45) is 0 Å². The van der Waals surface area contributed by atoms with Gasteiger partial charge in [0.1, 0.15) is 0 Å². The van der Waals surface area contributed by atoms with Gasteiger partial charge in [-0.1, -0.05) is 48.5 Å². The molecule has 0 radical (unpaired) electrons. The van der Waals surface area contributed by atoms with Crippen LogP contribution in [0.25, 0.3) is 0 Å². The van der Waals surface area contributed by atoms with Crippen LogP contribution in [0.4, 0.5) is 0 Å². The molecule has 3 rings (SSSR count). The molecule has 0 spiro atoms.